The van der Waals surface area contributed by atoms with Crippen LogP contribution in [0.3, 0.4) is 0 Å². The van der Waals surface area contributed by atoms with E-state index in [-0.39, 0.29) is 12.0 Å². The van der Waals surface area contributed by atoms with Crippen molar-refractivity contribution < 1.29 is 15.0 Å². The molecule has 0 aliphatic carbocycles. The van der Waals surface area contributed by atoms with Crippen LogP contribution in [0.25, 0.3) is 0 Å². The van der Waals surface area contributed by atoms with Gasteiger partial charge < -0.3 is 10.2 Å². The first-order valence-corrected chi connectivity index (χ1v) is 8.38. The average molecular weight is 325 g/mol. The van der Waals surface area contributed by atoms with Gasteiger partial charge in [-0.3, -0.25) is 4.90 Å². The van der Waals surface area contributed by atoms with Crippen LogP contribution in [-0.4, -0.2) is 40.3 Å². The third-order valence-electron chi connectivity index (χ3n) is 4.73. The van der Waals surface area contributed by atoms with Gasteiger partial charge in [0.2, 0.25) is 0 Å². The summed E-state index contributed by atoms with van der Waals surface area (Å²) in [5, 5.41) is 19.3. The van der Waals surface area contributed by atoms with Gasteiger partial charge in [-0.1, -0.05) is 42.5 Å². The molecule has 126 valence electrons. The van der Waals surface area contributed by atoms with Crippen molar-refractivity contribution in [2.45, 2.75) is 25.5 Å². The van der Waals surface area contributed by atoms with Crippen LogP contribution in [0.4, 0.5) is 0 Å². The molecule has 2 atom stereocenters. The van der Waals surface area contributed by atoms with Gasteiger partial charge in [0.1, 0.15) is 0 Å². The predicted octanol–water partition coefficient (Wildman–Crippen LogP) is 2.81. The number of aliphatic hydroxyl groups excluding tert-OH is 1. The molecule has 1 aliphatic rings. The van der Waals surface area contributed by atoms with Gasteiger partial charge in [-0.25, -0.2) is 4.79 Å². The highest BCUT2D eigenvalue weighted by Crippen LogP contribution is 2.23. The zero-order valence-electron chi connectivity index (χ0n) is 13.6. The van der Waals surface area contributed by atoms with E-state index in [4.69, 9.17) is 5.11 Å². The van der Waals surface area contributed by atoms with Crippen LogP contribution in [0.5, 0.6) is 0 Å². The Balaban J connectivity index is 1.62. The molecule has 0 spiro atoms. The van der Waals surface area contributed by atoms with Crippen molar-refractivity contribution in [3.05, 3.63) is 71.3 Å². The molecular weight excluding hydrogens is 302 g/mol. The predicted molar refractivity (Wildman–Crippen MR) is 92.9 cm³/mol. The molecule has 0 saturated carbocycles. The molecule has 0 radical (unpaired) electrons. The number of carboxylic acids is 1. The second kappa shape index (κ2) is 7.60. The average Bonchev–Trinajstić information content (AvgIpc) is 2.59. The minimum absolute atomic E-state index is 0.179. The number of aromatic carboxylic acids is 1. The van der Waals surface area contributed by atoms with E-state index < -0.39 is 5.97 Å². The summed E-state index contributed by atoms with van der Waals surface area (Å²) in [6.07, 6.45) is 1.26. The normalized spacial score (nSPS) is 21.5. The van der Waals surface area contributed by atoms with Gasteiger partial charge in [0.05, 0.1) is 11.7 Å². The molecule has 0 aromatic heterocycles. The van der Waals surface area contributed by atoms with E-state index in [9.17, 15) is 9.90 Å². The highest BCUT2D eigenvalue weighted by molar-refractivity contribution is 5.87. The molecule has 0 bridgehead atoms. The molecule has 4 nitrogen and oxygen atoms in total. The largest absolute Gasteiger partial charge is 0.478 e. The Bertz CT molecular complexity index is 669. The summed E-state index contributed by atoms with van der Waals surface area (Å²) >= 11 is 0. The fraction of sp³-hybridized carbons (Fsp3) is 0.350. The maximum Gasteiger partial charge on any atom is 0.335 e. The van der Waals surface area contributed by atoms with Crippen molar-refractivity contribution in [1.29, 1.82) is 0 Å². The van der Waals surface area contributed by atoms with Gasteiger partial charge in [-0.2, -0.15) is 0 Å². The van der Waals surface area contributed by atoms with Gasteiger partial charge >= 0.3 is 5.97 Å². The number of nitrogens with zero attached hydrogens (tertiary/aromatic N) is 1. The molecule has 3 rings (SSSR count). The summed E-state index contributed by atoms with van der Waals surface area (Å²) in [7, 11) is 0. The van der Waals surface area contributed by atoms with E-state index in [1.807, 2.05) is 18.2 Å². The van der Waals surface area contributed by atoms with E-state index in [0.29, 0.717) is 5.56 Å². The number of piperidine rings is 1. The number of likely N-dealkylation sites (tertiary alicyclic amines) is 1. The molecule has 1 fully saturated rings. The van der Waals surface area contributed by atoms with E-state index >= 15 is 0 Å². The molecule has 24 heavy (non-hydrogen) atoms. The maximum absolute atomic E-state index is 10.9. The van der Waals surface area contributed by atoms with Crippen LogP contribution in [0.1, 0.15) is 27.9 Å². The van der Waals surface area contributed by atoms with E-state index in [2.05, 4.69) is 29.2 Å². The van der Waals surface area contributed by atoms with Gasteiger partial charge in [-0.15, -0.1) is 0 Å². The topological polar surface area (TPSA) is 60.8 Å². The van der Waals surface area contributed by atoms with Crippen molar-refractivity contribution in [3.63, 3.8) is 0 Å². The van der Waals surface area contributed by atoms with Crippen LogP contribution in [0.15, 0.2) is 54.6 Å². The van der Waals surface area contributed by atoms with E-state index in [1.54, 1.807) is 12.1 Å². The molecule has 1 aliphatic heterocycles. The minimum Gasteiger partial charge on any atom is -0.478 e. The lowest BCUT2D eigenvalue weighted by molar-refractivity contribution is 0.0239. The number of rotatable bonds is 5. The van der Waals surface area contributed by atoms with Crippen molar-refractivity contribution in [2.75, 3.05) is 13.1 Å². The quantitative estimate of drug-likeness (QED) is 0.887. The zero-order valence-corrected chi connectivity index (χ0v) is 13.6. The van der Waals surface area contributed by atoms with Crippen molar-refractivity contribution in [2.24, 2.45) is 5.92 Å². The van der Waals surface area contributed by atoms with Crippen LogP contribution in [0.2, 0.25) is 0 Å². The number of hydrogen-bond donors (Lipinski definition) is 2. The highest BCUT2D eigenvalue weighted by atomic mass is 16.4. The van der Waals surface area contributed by atoms with E-state index in [1.165, 1.54) is 5.56 Å². The third-order valence-corrected chi connectivity index (χ3v) is 4.73. The number of aliphatic hydroxyl groups is 1. The smallest absolute Gasteiger partial charge is 0.335 e. The van der Waals surface area contributed by atoms with Gasteiger partial charge in [0.25, 0.3) is 0 Å². The summed E-state index contributed by atoms with van der Waals surface area (Å²) in [4.78, 5) is 13.3. The lowest BCUT2D eigenvalue weighted by Crippen LogP contribution is -2.43. The molecule has 2 unspecified atom stereocenters. The fourth-order valence-corrected chi connectivity index (χ4v) is 3.37. The maximum atomic E-state index is 10.9. The molecule has 1 saturated heterocycles. The second-order valence-corrected chi connectivity index (χ2v) is 6.54. The Morgan fingerprint density at radius 2 is 1.75 bits per heavy atom. The minimum atomic E-state index is -0.909. The number of carbonyl (C=O) groups is 1. The zero-order chi connectivity index (χ0) is 16.9. The standard InChI is InChI=1S/C20H23NO3/c22-19-10-11-21(13-16-4-2-1-3-5-16)14-18(19)12-15-6-8-17(9-7-15)20(23)24/h1-9,18-19,22H,10-14H2,(H,23,24). The number of benzene rings is 2. The lowest BCUT2D eigenvalue weighted by Gasteiger charge is -2.36. The summed E-state index contributed by atoms with van der Waals surface area (Å²) < 4.78 is 0. The fourth-order valence-electron chi connectivity index (χ4n) is 3.37. The van der Waals surface area contributed by atoms with Crippen molar-refractivity contribution >= 4 is 5.97 Å². The highest BCUT2D eigenvalue weighted by Gasteiger charge is 2.27. The van der Waals surface area contributed by atoms with Crippen molar-refractivity contribution in [1.82, 2.24) is 4.90 Å². The van der Waals surface area contributed by atoms with Crippen LogP contribution in [0, 0.1) is 5.92 Å². The third kappa shape index (κ3) is 4.22. The van der Waals surface area contributed by atoms with Crippen molar-refractivity contribution in [3.8, 4) is 0 Å². The van der Waals surface area contributed by atoms with Crippen LogP contribution in [-0.2, 0) is 13.0 Å². The molecule has 1 heterocycles. The molecular formula is C20H23NO3. The first-order chi connectivity index (χ1) is 11.6. The Labute approximate surface area is 142 Å². The first-order valence-electron chi connectivity index (χ1n) is 8.38. The summed E-state index contributed by atoms with van der Waals surface area (Å²) in [6.45, 7) is 2.67. The Kier molecular flexibility index (Phi) is 5.28. The Morgan fingerprint density at radius 1 is 1.04 bits per heavy atom. The number of carboxylic acid groups (broad SMARTS) is 1. The van der Waals surface area contributed by atoms with Crippen LogP contribution >= 0.6 is 0 Å². The first kappa shape index (κ1) is 16.7. The van der Waals surface area contributed by atoms with Gasteiger partial charge in [0, 0.05) is 25.6 Å². The Hall–Kier alpha value is -2.17. The summed E-state index contributed by atoms with van der Waals surface area (Å²) in [6, 6.07) is 17.4. The molecule has 4 heteroatoms. The van der Waals surface area contributed by atoms with E-state index in [0.717, 1.165) is 38.0 Å². The summed E-state index contributed by atoms with van der Waals surface area (Å²) in [5.41, 5.74) is 2.66. The second-order valence-electron chi connectivity index (χ2n) is 6.54. The van der Waals surface area contributed by atoms with Gasteiger partial charge in [0.15, 0.2) is 0 Å². The molecule has 2 aromatic carbocycles. The molecule has 2 aromatic rings. The van der Waals surface area contributed by atoms with Crippen LogP contribution < -0.4 is 0 Å². The van der Waals surface area contributed by atoms with Gasteiger partial charge in [-0.05, 0) is 36.1 Å². The lowest BCUT2D eigenvalue weighted by atomic mass is 9.88. The monoisotopic (exact) mass is 325 g/mol. The summed E-state index contributed by atoms with van der Waals surface area (Å²) in [5.74, 6) is -0.730. The Morgan fingerprint density at radius 3 is 2.42 bits per heavy atom. The number of hydrogen-bond acceptors (Lipinski definition) is 3. The molecule has 0 amide bonds. The SMILES string of the molecule is O=C(O)c1ccc(CC2CN(Cc3ccccc3)CCC2O)cc1. The molecule has 2 N–H and O–H groups in total.